The fourth-order valence-corrected chi connectivity index (χ4v) is 3.79. The van der Waals surface area contributed by atoms with Crippen molar-refractivity contribution in [1.82, 2.24) is 4.90 Å². The van der Waals surface area contributed by atoms with Crippen molar-refractivity contribution in [3.05, 3.63) is 94.4 Å². The first-order valence-corrected chi connectivity index (χ1v) is 10.2. The van der Waals surface area contributed by atoms with Gasteiger partial charge in [0.25, 0.3) is 11.7 Å². The van der Waals surface area contributed by atoms with Crippen LogP contribution in [0.25, 0.3) is 5.76 Å². The van der Waals surface area contributed by atoms with Crippen LogP contribution >= 0.6 is 11.6 Å². The molecule has 1 saturated heterocycles. The van der Waals surface area contributed by atoms with Gasteiger partial charge in [0, 0.05) is 10.6 Å². The van der Waals surface area contributed by atoms with Crippen LogP contribution in [0, 0.1) is 0 Å². The molecule has 4 rings (SSSR count). The molecule has 1 fully saturated rings. The van der Waals surface area contributed by atoms with Crippen LogP contribution in [0.1, 0.15) is 29.9 Å². The molecule has 31 heavy (non-hydrogen) atoms. The number of hydrogen-bond acceptors (Lipinski definition) is 5. The monoisotopic (exact) mass is 437 g/mol. The smallest absolute Gasteiger partial charge is 0.296 e. The highest BCUT2D eigenvalue weighted by Gasteiger charge is 2.46. The molecule has 0 spiro atoms. The van der Waals surface area contributed by atoms with Gasteiger partial charge in [0.2, 0.25) is 0 Å². The average molecular weight is 438 g/mol. The Hall–Kier alpha value is -3.51. The number of nitrogens with zero attached hydrogens (tertiary/aromatic N) is 1. The van der Waals surface area contributed by atoms with Gasteiger partial charge in [-0.3, -0.25) is 9.59 Å². The van der Waals surface area contributed by atoms with Crippen LogP contribution in [0.2, 0.25) is 5.02 Å². The van der Waals surface area contributed by atoms with E-state index in [4.69, 9.17) is 20.8 Å². The molecule has 2 aromatic carbocycles. The van der Waals surface area contributed by atoms with Crippen molar-refractivity contribution in [2.75, 3.05) is 6.61 Å². The number of likely N-dealkylation sites (tertiary alicyclic amines) is 1. The molecule has 1 amide bonds. The van der Waals surface area contributed by atoms with Gasteiger partial charge in [0.15, 0.2) is 0 Å². The maximum atomic E-state index is 13.0. The predicted octanol–water partition coefficient (Wildman–Crippen LogP) is 4.95. The largest absolute Gasteiger partial charge is 0.507 e. The molecule has 1 unspecified atom stereocenters. The molecule has 1 aliphatic heterocycles. The third kappa shape index (κ3) is 4.07. The van der Waals surface area contributed by atoms with E-state index in [2.05, 4.69) is 0 Å². The molecule has 1 aliphatic rings. The first-order valence-electron chi connectivity index (χ1n) is 9.79. The normalized spacial score (nSPS) is 17.9. The van der Waals surface area contributed by atoms with Gasteiger partial charge >= 0.3 is 0 Å². The molecular weight excluding hydrogens is 418 g/mol. The van der Waals surface area contributed by atoms with Crippen LogP contribution < -0.4 is 4.74 Å². The third-order valence-corrected chi connectivity index (χ3v) is 5.30. The van der Waals surface area contributed by atoms with Gasteiger partial charge in [-0.1, -0.05) is 35.9 Å². The van der Waals surface area contributed by atoms with E-state index < -0.39 is 17.7 Å². The second-order valence-corrected chi connectivity index (χ2v) is 7.46. The standard InChI is InChI=1S/C24H20ClNO5/c1-2-30-18-6-3-5-16(13-18)22(27)20-21(15-8-10-17(25)11-9-15)26(24(29)23(20)28)14-19-7-4-12-31-19/h3-13,21,27H,2,14H2,1H3/b22-20+. The summed E-state index contributed by atoms with van der Waals surface area (Å²) in [6.45, 7) is 2.40. The number of aliphatic hydroxyl groups is 1. The maximum absolute atomic E-state index is 13.0. The van der Waals surface area contributed by atoms with Crippen LogP contribution in [0.3, 0.4) is 0 Å². The summed E-state index contributed by atoms with van der Waals surface area (Å²) in [5, 5.41) is 11.6. The number of halogens is 1. The van der Waals surface area contributed by atoms with Gasteiger partial charge in [-0.05, 0) is 48.9 Å². The minimum atomic E-state index is -0.793. The molecule has 0 saturated carbocycles. The minimum Gasteiger partial charge on any atom is -0.507 e. The Morgan fingerprint density at radius 1 is 1.13 bits per heavy atom. The summed E-state index contributed by atoms with van der Waals surface area (Å²) in [6, 6.07) is 16.2. The molecule has 1 N–H and O–H groups in total. The molecular formula is C24H20ClNO5. The number of Topliss-reactive ketones (excluding diaryl/α,β-unsaturated/α-hetero) is 1. The van der Waals surface area contributed by atoms with Crippen molar-refractivity contribution < 1.29 is 23.8 Å². The van der Waals surface area contributed by atoms with Gasteiger partial charge in [-0.2, -0.15) is 0 Å². The highest BCUT2D eigenvalue weighted by molar-refractivity contribution is 6.46. The second-order valence-electron chi connectivity index (χ2n) is 7.02. The predicted molar refractivity (Wildman–Crippen MR) is 116 cm³/mol. The number of ether oxygens (including phenoxy) is 1. The van der Waals surface area contributed by atoms with E-state index in [1.807, 2.05) is 6.92 Å². The Kier molecular flexibility index (Phi) is 5.82. The summed E-state index contributed by atoms with van der Waals surface area (Å²) >= 11 is 6.03. The van der Waals surface area contributed by atoms with E-state index >= 15 is 0 Å². The summed E-state index contributed by atoms with van der Waals surface area (Å²) in [5.41, 5.74) is 1.05. The Bertz CT molecular complexity index is 1140. The fourth-order valence-electron chi connectivity index (χ4n) is 3.66. The van der Waals surface area contributed by atoms with Crippen LogP contribution in [0.5, 0.6) is 5.75 Å². The number of carbonyl (C=O) groups is 2. The molecule has 3 aromatic rings. The highest BCUT2D eigenvalue weighted by atomic mass is 35.5. The molecule has 6 nitrogen and oxygen atoms in total. The lowest BCUT2D eigenvalue weighted by atomic mass is 9.95. The number of furan rings is 1. The van der Waals surface area contributed by atoms with Crippen molar-refractivity contribution in [3.63, 3.8) is 0 Å². The van der Waals surface area contributed by atoms with Crippen molar-refractivity contribution >= 4 is 29.1 Å². The van der Waals surface area contributed by atoms with Crippen molar-refractivity contribution in [2.45, 2.75) is 19.5 Å². The number of aliphatic hydroxyl groups excluding tert-OH is 1. The van der Waals surface area contributed by atoms with E-state index in [0.29, 0.717) is 34.3 Å². The van der Waals surface area contributed by atoms with Gasteiger partial charge in [-0.15, -0.1) is 0 Å². The first-order chi connectivity index (χ1) is 15.0. The van der Waals surface area contributed by atoms with Gasteiger partial charge in [0.05, 0.1) is 31.0 Å². The molecule has 0 aliphatic carbocycles. The number of benzene rings is 2. The SMILES string of the molecule is CCOc1cccc(/C(O)=C2\C(=O)C(=O)N(Cc3ccco3)C2c2ccc(Cl)cc2)c1. The Morgan fingerprint density at radius 2 is 1.90 bits per heavy atom. The Labute approximate surface area is 184 Å². The number of rotatable bonds is 6. The maximum Gasteiger partial charge on any atom is 0.296 e. The van der Waals surface area contributed by atoms with E-state index in [9.17, 15) is 14.7 Å². The zero-order chi connectivity index (χ0) is 22.0. The van der Waals surface area contributed by atoms with E-state index in [1.54, 1.807) is 60.7 Å². The second kappa shape index (κ2) is 8.70. The van der Waals surface area contributed by atoms with Gasteiger partial charge in [0.1, 0.15) is 17.3 Å². The zero-order valence-corrected chi connectivity index (χ0v) is 17.5. The van der Waals surface area contributed by atoms with Crippen molar-refractivity contribution in [1.29, 1.82) is 0 Å². The summed E-state index contributed by atoms with van der Waals surface area (Å²) in [5.74, 6) is -0.648. The van der Waals surface area contributed by atoms with Crippen LogP contribution in [0.4, 0.5) is 0 Å². The number of hydrogen-bond donors (Lipinski definition) is 1. The van der Waals surface area contributed by atoms with E-state index in [0.717, 1.165) is 0 Å². The molecule has 7 heteroatoms. The van der Waals surface area contributed by atoms with Crippen LogP contribution in [-0.4, -0.2) is 28.3 Å². The van der Waals surface area contributed by atoms with Gasteiger partial charge in [-0.25, -0.2) is 0 Å². The summed E-state index contributed by atoms with van der Waals surface area (Å²) < 4.78 is 10.9. The quantitative estimate of drug-likeness (QED) is 0.335. The lowest BCUT2D eigenvalue weighted by Crippen LogP contribution is -2.29. The summed E-state index contributed by atoms with van der Waals surface area (Å²) in [6.07, 6.45) is 1.50. The lowest BCUT2D eigenvalue weighted by molar-refractivity contribution is -0.140. The van der Waals surface area contributed by atoms with Gasteiger partial charge < -0.3 is 19.2 Å². The zero-order valence-electron chi connectivity index (χ0n) is 16.7. The molecule has 1 aromatic heterocycles. The fraction of sp³-hybridized carbons (Fsp3) is 0.167. The number of ketones is 1. The van der Waals surface area contributed by atoms with Crippen molar-refractivity contribution in [2.24, 2.45) is 0 Å². The van der Waals surface area contributed by atoms with Crippen molar-refractivity contribution in [3.8, 4) is 5.75 Å². The highest BCUT2D eigenvalue weighted by Crippen LogP contribution is 2.40. The minimum absolute atomic E-state index is 0.00697. The number of amides is 1. The van der Waals surface area contributed by atoms with Crippen LogP contribution in [0.15, 0.2) is 76.9 Å². The molecule has 0 bridgehead atoms. The summed E-state index contributed by atoms with van der Waals surface area (Å²) in [4.78, 5) is 27.4. The molecule has 158 valence electrons. The summed E-state index contributed by atoms with van der Waals surface area (Å²) in [7, 11) is 0. The third-order valence-electron chi connectivity index (χ3n) is 5.05. The molecule has 0 radical (unpaired) electrons. The Morgan fingerprint density at radius 3 is 2.58 bits per heavy atom. The molecule has 2 heterocycles. The Balaban J connectivity index is 1.84. The molecule has 1 atom stereocenters. The first kappa shape index (κ1) is 20.8. The van der Waals surface area contributed by atoms with Crippen LogP contribution in [-0.2, 0) is 16.1 Å². The topological polar surface area (TPSA) is 80.0 Å². The van der Waals surface area contributed by atoms with E-state index in [-0.39, 0.29) is 17.9 Å². The average Bonchev–Trinajstić information content (AvgIpc) is 3.37. The van der Waals surface area contributed by atoms with E-state index in [1.165, 1.54) is 11.2 Å². The number of carbonyl (C=O) groups excluding carboxylic acids is 2. The lowest BCUT2D eigenvalue weighted by Gasteiger charge is -2.24.